The Kier molecular flexibility index (Phi) is 24.4. The number of carbonyl (C=O) groups excluding carboxylic acids is 4. The number of nitrogens with two attached hydrogens (primary N) is 2. The molecule has 0 radical (unpaired) electrons. The Bertz CT molecular complexity index is 3290. The maximum Gasteiger partial charge on any atom is 0.490 e. The Morgan fingerprint density at radius 1 is 0.701 bits per heavy atom. The molecular formula is C44H69N13O25P4S. The van der Waals surface area contributed by atoms with Crippen molar-refractivity contribution in [3.63, 3.8) is 0 Å². The summed E-state index contributed by atoms with van der Waals surface area (Å²) in [6, 6.07) is 0.236. The molecule has 3 aromatic heterocycles. The summed E-state index contributed by atoms with van der Waals surface area (Å²) in [7, 11) is -24.5. The maximum absolute atomic E-state index is 12.9. The highest BCUT2D eigenvalue weighted by Crippen LogP contribution is 2.71. The third kappa shape index (κ3) is 20.0. The molecule has 7 heterocycles. The number of urea groups is 1. The summed E-state index contributed by atoms with van der Waals surface area (Å²) in [6.07, 6.45) is -2.05. The Labute approximate surface area is 497 Å². The van der Waals surface area contributed by atoms with Gasteiger partial charge in [-0.25, -0.2) is 32.8 Å². The van der Waals surface area contributed by atoms with Gasteiger partial charge in [0.1, 0.15) is 42.4 Å². The normalized spacial score (nSPS) is 27.2. The van der Waals surface area contributed by atoms with Crippen LogP contribution in [0.5, 0.6) is 0 Å². The number of rotatable bonds is 34. The zero-order valence-electron chi connectivity index (χ0n) is 46.0. The molecule has 4 aliphatic heterocycles. The lowest BCUT2D eigenvalue weighted by Gasteiger charge is -2.21. The molecule has 0 saturated carbocycles. The van der Waals surface area contributed by atoms with Crippen molar-refractivity contribution in [3.05, 3.63) is 45.0 Å². The highest BCUT2D eigenvalue weighted by molar-refractivity contribution is 8.00. The van der Waals surface area contributed by atoms with Crippen LogP contribution < -0.4 is 49.3 Å². The molecule has 0 aromatic carbocycles. The number of aliphatic hydroxyl groups excluding tert-OH is 4. The van der Waals surface area contributed by atoms with Crippen molar-refractivity contribution in [1.82, 2.24) is 55.7 Å². The molecule has 43 heteroatoms. The molecule has 4 saturated heterocycles. The number of H-pyrrole nitrogens is 1. The number of nitrogen functional groups attached to an aromatic ring is 2. The van der Waals surface area contributed by atoms with Crippen molar-refractivity contribution in [2.24, 2.45) is 0 Å². The van der Waals surface area contributed by atoms with Gasteiger partial charge in [0.2, 0.25) is 23.7 Å². The van der Waals surface area contributed by atoms with Crippen LogP contribution in [-0.2, 0) is 64.1 Å². The van der Waals surface area contributed by atoms with Gasteiger partial charge in [-0.2, -0.15) is 34.7 Å². The fourth-order valence-corrected chi connectivity index (χ4v) is 16.0. The highest BCUT2D eigenvalue weighted by atomic mass is 32.2. The number of carbonyl (C=O) groups is 4. The number of amides is 5. The smallest absolute Gasteiger partial charge is 0.387 e. The number of aliphatic hydroxyl groups is 4. The number of hydrogen-bond donors (Lipinski definition) is 16. The van der Waals surface area contributed by atoms with Crippen molar-refractivity contribution >= 4 is 95.8 Å². The minimum Gasteiger partial charge on any atom is -0.387 e. The van der Waals surface area contributed by atoms with Gasteiger partial charge in [0.05, 0.1) is 31.6 Å². The van der Waals surface area contributed by atoms with E-state index in [-0.39, 0.29) is 77.3 Å². The second-order valence-electron chi connectivity index (χ2n) is 20.2. The van der Waals surface area contributed by atoms with Gasteiger partial charge < -0.3 is 87.5 Å². The van der Waals surface area contributed by atoms with Gasteiger partial charge in [0.15, 0.2) is 23.6 Å². The average Bonchev–Trinajstić information content (AvgIpc) is 2.16. The minimum absolute atomic E-state index is 0.00166. The summed E-state index contributed by atoms with van der Waals surface area (Å²) in [5.41, 5.74) is 9.20. The first-order chi connectivity index (χ1) is 41.0. The summed E-state index contributed by atoms with van der Waals surface area (Å²) in [4.78, 5) is 127. The lowest BCUT2D eigenvalue weighted by atomic mass is 10.0. The summed E-state index contributed by atoms with van der Waals surface area (Å²) in [5, 5.41) is 57.3. The standard InChI is InChI=1S/C44H69N13O25P4S/c45-37-23(10-9-17-49-29(59)13-4-2-7-15-47-28(58)12-3-1-8-16-48-30(60)14-6-5-11-27-31-24(21-87-27)51-43(66)52-31)18-56(44(67)53-37)40-35(63)33(61)25(78-40)19-76-83(68,69)80-85(72,73)82-86(74,75)81-84(70,71)77-20-26-34(62)36(64)41(79-26)57-22-50-32-38(57)54-42(46)55-39(32)65/h9-10,18,22,24-27,31,33-36,40-41,61-64H,1-8,11-17,19-21H2,(H,47,58)(H,48,60)(H,49,59)(H,68,69)(H,70,71)(H,72,73)(H,74,75)(H2,45,53,67)(H2,51,52,66)(H3,46,54,55,65)/b10-9+/t24-,25-,26-,27-,31-,33?,34?,35+,36?,40-,41-/m1/s1. The number of unbranched alkanes of at least 4 members (excludes halogenated alkanes) is 5. The molecule has 87 heavy (non-hydrogen) atoms. The zero-order chi connectivity index (χ0) is 63.4. The van der Waals surface area contributed by atoms with Gasteiger partial charge in [-0.3, -0.25) is 42.3 Å². The molecule has 5 amide bonds. The van der Waals surface area contributed by atoms with Crippen LogP contribution >= 0.6 is 43.1 Å². The van der Waals surface area contributed by atoms with Crippen LogP contribution in [0.4, 0.5) is 16.6 Å². The number of phosphoric acid groups is 4. The number of phosphoric ester groups is 2. The first kappa shape index (κ1) is 69.4. The lowest BCUT2D eigenvalue weighted by Crippen LogP contribution is -2.36. The molecule has 0 aliphatic carbocycles. The van der Waals surface area contributed by atoms with E-state index in [1.54, 1.807) is 0 Å². The van der Waals surface area contributed by atoms with Crippen LogP contribution in [0.15, 0.2) is 28.2 Å². The van der Waals surface area contributed by atoms with Crippen molar-refractivity contribution in [3.8, 4) is 0 Å². The number of nitrogens with zero attached hydrogens (tertiary/aromatic N) is 5. The number of fused-ring (bicyclic) bond motifs is 2. The number of aromatic amines is 1. The molecule has 18 N–H and O–H groups in total. The second-order valence-corrected chi connectivity index (χ2v) is 27.7. The predicted molar refractivity (Wildman–Crippen MR) is 301 cm³/mol. The number of hydrogen-bond acceptors (Lipinski definition) is 27. The summed E-state index contributed by atoms with van der Waals surface area (Å²) in [5.74, 6) is -0.106. The van der Waals surface area contributed by atoms with Gasteiger partial charge >= 0.3 is 43.0 Å². The van der Waals surface area contributed by atoms with Crippen LogP contribution in [-0.4, -0.2) is 185 Å². The van der Waals surface area contributed by atoms with E-state index in [4.69, 9.17) is 20.9 Å². The number of nitrogens with one attached hydrogen (secondary N) is 6. The van der Waals surface area contributed by atoms with Crippen molar-refractivity contribution in [2.45, 2.75) is 143 Å². The molecule has 7 rings (SSSR count). The van der Waals surface area contributed by atoms with Crippen molar-refractivity contribution < 1.29 is 109 Å². The number of anilines is 2. The van der Waals surface area contributed by atoms with E-state index in [9.17, 15) is 87.0 Å². The molecule has 4 aliphatic rings. The van der Waals surface area contributed by atoms with E-state index in [1.807, 2.05) is 11.8 Å². The minimum atomic E-state index is -6.33. The SMILES string of the molecule is Nc1nc2c(ncn2[C@@H]2O[C@H](COP(=O)(O)OP(=O)(O)OP(=O)(O)OP(=O)(O)OC[C@H]3O[C@@H](n4cc(/C=C/CNC(=O)CCCCCNC(=O)CCCCCNC(=O)CCCC[C@H]5SC[C@H]6NC(=O)N[C@H]65)c(N)nc4=O)[C@@H](O)C3O)C(O)C2O)c(=O)[nH]1. The Morgan fingerprint density at radius 2 is 1.23 bits per heavy atom. The van der Waals surface area contributed by atoms with Crippen LogP contribution in [0.3, 0.4) is 0 Å². The highest BCUT2D eigenvalue weighted by Gasteiger charge is 2.50. The van der Waals surface area contributed by atoms with Crippen LogP contribution in [0.2, 0.25) is 0 Å². The molecule has 38 nitrogen and oxygen atoms in total. The maximum atomic E-state index is 12.9. The number of thioether (sulfide) groups is 1. The zero-order valence-corrected chi connectivity index (χ0v) is 50.4. The third-order valence-electron chi connectivity index (χ3n) is 13.7. The van der Waals surface area contributed by atoms with Crippen LogP contribution in [0.25, 0.3) is 17.2 Å². The number of imidazole rings is 1. The van der Waals surface area contributed by atoms with Crippen LogP contribution in [0, 0.1) is 0 Å². The Hall–Kier alpha value is -5.08. The Morgan fingerprint density at radius 3 is 1.80 bits per heavy atom. The molecule has 0 bridgehead atoms. The quantitative estimate of drug-likeness (QED) is 0.0183. The molecule has 486 valence electrons. The second kappa shape index (κ2) is 30.6. The molecule has 7 unspecified atom stereocenters. The van der Waals surface area contributed by atoms with Gasteiger partial charge in [0.25, 0.3) is 5.56 Å². The largest absolute Gasteiger partial charge is 0.490 e. The number of ether oxygens (including phenoxy) is 2. The summed E-state index contributed by atoms with van der Waals surface area (Å²) < 4.78 is 83.7. The van der Waals surface area contributed by atoms with Gasteiger partial charge in [-0.1, -0.05) is 31.4 Å². The average molecular weight is 1340 g/mol. The summed E-state index contributed by atoms with van der Waals surface area (Å²) in [6.45, 7) is -1.48. The van der Waals surface area contributed by atoms with Crippen LogP contribution in [0.1, 0.15) is 95.1 Å². The van der Waals surface area contributed by atoms with E-state index in [0.717, 1.165) is 54.9 Å². The van der Waals surface area contributed by atoms with E-state index < -0.39 is 105 Å². The van der Waals surface area contributed by atoms with E-state index in [1.165, 1.54) is 12.2 Å². The fraction of sp³-hybridized carbons (Fsp3) is 0.659. The molecule has 4 fully saturated rings. The number of aromatic nitrogens is 6. The molecular weight excluding hydrogens is 1270 g/mol. The lowest BCUT2D eigenvalue weighted by molar-refractivity contribution is -0.122. The van der Waals surface area contributed by atoms with E-state index in [2.05, 4.69) is 68.5 Å². The molecule has 3 aromatic rings. The monoisotopic (exact) mass is 1340 g/mol. The third-order valence-corrected chi connectivity index (χ3v) is 21.1. The van der Waals surface area contributed by atoms with E-state index in [0.29, 0.717) is 61.4 Å². The van der Waals surface area contributed by atoms with Crippen molar-refractivity contribution in [1.29, 1.82) is 0 Å². The molecule has 0 spiro atoms. The first-order valence-electron chi connectivity index (χ1n) is 27.0. The predicted octanol–water partition coefficient (Wildman–Crippen LogP) is -1.53. The Balaban J connectivity index is 0.744. The van der Waals surface area contributed by atoms with Gasteiger partial charge in [0, 0.05) is 61.7 Å². The van der Waals surface area contributed by atoms with Crippen molar-refractivity contribution in [2.75, 3.05) is 50.1 Å². The van der Waals surface area contributed by atoms with E-state index >= 15 is 0 Å². The van der Waals surface area contributed by atoms with Gasteiger partial charge in [-0.05, 0) is 38.5 Å². The van der Waals surface area contributed by atoms with Gasteiger partial charge in [-0.15, -0.1) is 0 Å². The topological polar surface area (TPSA) is 574 Å². The summed E-state index contributed by atoms with van der Waals surface area (Å²) >= 11 is 1.85. The fourth-order valence-electron chi connectivity index (χ4n) is 9.46. The molecule has 15 atom stereocenters. The first-order valence-corrected chi connectivity index (χ1v) is 34.1.